The highest BCUT2D eigenvalue weighted by Gasteiger charge is 2.09. The molecule has 1 aromatic heterocycles. The van der Waals surface area contributed by atoms with Crippen molar-refractivity contribution in [3.05, 3.63) is 50.3 Å². The first-order valence-electron chi connectivity index (χ1n) is 6.81. The molecular formula is C15H19BrClIN4O. The number of aromatic nitrogens is 1. The molecule has 0 aliphatic carbocycles. The summed E-state index contributed by atoms with van der Waals surface area (Å²) < 4.78 is 6.11. The van der Waals surface area contributed by atoms with Crippen molar-refractivity contribution < 1.29 is 4.52 Å². The minimum Gasteiger partial charge on any atom is -0.361 e. The van der Waals surface area contributed by atoms with Gasteiger partial charge in [-0.15, -0.1) is 24.0 Å². The molecule has 126 valence electrons. The van der Waals surface area contributed by atoms with E-state index in [1.165, 1.54) is 0 Å². The third kappa shape index (κ3) is 5.65. The van der Waals surface area contributed by atoms with Crippen LogP contribution in [-0.2, 0) is 13.1 Å². The van der Waals surface area contributed by atoms with Crippen LogP contribution in [0.1, 0.15) is 22.6 Å². The first kappa shape index (κ1) is 20.2. The Morgan fingerprint density at radius 1 is 1.30 bits per heavy atom. The maximum atomic E-state index is 6.21. The predicted molar refractivity (Wildman–Crippen MR) is 108 cm³/mol. The molecule has 0 aliphatic heterocycles. The zero-order valence-electron chi connectivity index (χ0n) is 13.1. The van der Waals surface area contributed by atoms with Crippen molar-refractivity contribution in [2.24, 2.45) is 4.99 Å². The van der Waals surface area contributed by atoms with E-state index in [2.05, 4.69) is 36.7 Å². The second-order valence-corrected chi connectivity index (χ2v) is 6.14. The van der Waals surface area contributed by atoms with Gasteiger partial charge in [-0.05, 0) is 31.5 Å². The van der Waals surface area contributed by atoms with Crippen molar-refractivity contribution in [2.45, 2.75) is 26.9 Å². The first-order valence-corrected chi connectivity index (χ1v) is 7.98. The number of benzene rings is 1. The Labute approximate surface area is 166 Å². The fraction of sp³-hybridized carbons (Fsp3) is 0.333. The number of hydrogen-bond acceptors (Lipinski definition) is 3. The van der Waals surface area contributed by atoms with E-state index in [-0.39, 0.29) is 24.0 Å². The Morgan fingerprint density at radius 2 is 2.00 bits per heavy atom. The Kier molecular flexibility index (Phi) is 8.35. The zero-order valence-corrected chi connectivity index (χ0v) is 17.8. The molecule has 2 N–H and O–H groups in total. The van der Waals surface area contributed by atoms with Gasteiger partial charge in [-0.25, -0.2) is 0 Å². The quantitative estimate of drug-likeness (QED) is 0.366. The highest BCUT2D eigenvalue weighted by Crippen LogP contribution is 2.21. The number of hydrogen-bond donors (Lipinski definition) is 2. The summed E-state index contributed by atoms with van der Waals surface area (Å²) in [6, 6.07) is 5.81. The molecule has 2 rings (SSSR count). The molecule has 5 nitrogen and oxygen atoms in total. The summed E-state index contributed by atoms with van der Waals surface area (Å²) in [5.41, 5.74) is 2.94. The molecule has 0 saturated heterocycles. The Bertz CT molecular complexity index is 671. The third-order valence-corrected chi connectivity index (χ3v) is 4.14. The van der Waals surface area contributed by atoms with Gasteiger partial charge >= 0.3 is 0 Å². The van der Waals surface area contributed by atoms with Gasteiger partial charge in [0, 0.05) is 35.2 Å². The van der Waals surface area contributed by atoms with Crippen LogP contribution in [0.15, 0.2) is 32.2 Å². The highest BCUT2D eigenvalue weighted by atomic mass is 127. The fourth-order valence-corrected chi connectivity index (χ4v) is 2.73. The molecule has 0 fully saturated rings. The Balaban J connectivity index is 0.00000264. The van der Waals surface area contributed by atoms with Crippen LogP contribution in [0, 0.1) is 13.8 Å². The summed E-state index contributed by atoms with van der Waals surface area (Å²) in [6.45, 7) is 5.02. The number of rotatable bonds is 4. The topological polar surface area (TPSA) is 62.5 Å². The van der Waals surface area contributed by atoms with E-state index in [0.717, 1.165) is 27.1 Å². The lowest BCUT2D eigenvalue weighted by Crippen LogP contribution is -2.36. The van der Waals surface area contributed by atoms with Gasteiger partial charge in [0.25, 0.3) is 0 Å². The SMILES string of the molecule is CN=C(NCc1ccc(Br)cc1Cl)NCc1c(C)noc1C.I. The van der Waals surface area contributed by atoms with Crippen molar-refractivity contribution >= 4 is 57.5 Å². The molecule has 0 spiro atoms. The van der Waals surface area contributed by atoms with Gasteiger partial charge in [0.15, 0.2) is 5.96 Å². The molecule has 0 unspecified atom stereocenters. The summed E-state index contributed by atoms with van der Waals surface area (Å²) in [5, 5.41) is 11.1. The number of halogens is 3. The van der Waals surface area contributed by atoms with Crippen molar-refractivity contribution in [3.63, 3.8) is 0 Å². The maximum Gasteiger partial charge on any atom is 0.191 e. The summed E-state index contributed by atoms with van der Waals surface area (Å²) in [7, 11) is 1.73. The van der Waals surface area contributed by atoms with Crippen LogP contribution in [0.4, 0.5) is 0 Å². The molecular weight excluding hydrogens is 494 g/mol. The molecule has 0 aliphatic rings. The first-order chi connectivity index (χ1) is 10.5. The van der Waals surface area contributed by atoms with Gasteiger partial charge in [0.05, 0.1) is 5.69 Å². The van der Waals surface area contributed by atoms with Crippen molar-refractivity contribution in [3.8, 4) is 0 Å². The van der Waals surface area contributed by atoms with Crippen molar-refractivity contribution in [2.75, 3.05) is 7.05 Å². The molecule has 0 saturated carbocycles. The molecule has 0 atom stereocenters. The molecule has 0 bridgehead atoms. The van der Waals surface area contributed by atoms with Gasteiger partial charge < -0.3 is 15.2 Å². The summed E-state index contributed by atoms with van der Waals surface area (Å²) >= 11 is 9.60. The van der Waals surface area contributed by atoms with E-state index in [1.54, 1.807) is 7.05 Å². The molecule has 1 heterocycles. The standard InChI is InChI=1S/C15H18BrClN4O.HI/c1-9-13(10(2)22-21-9)8-20-15(18-3)19-7-11-4-5-12(16)6-14(11)17;/h4-6H,7-8H2,1-3H3,(H2,18,19,20);1H. The van der Waals surface area contributed by atoms with Crippen LogP contribution >= 0.6 is 51.5 Å². The van der Waals surface area contributed by atoms with Crippen molar-refractivity contribution in [1.29, 1.82) is 0 Å². The third-order valence-electron chi connectivity index (χ3n) is 3.30. The Hall–Kier alpha value is -0.800. The average Bonchev–Trinajstić information content (AvgIpc) is 2.80. The van der Waals surface area contributed by atoms with Crippen LogP contribution < -0.4 is 10.6 Å². The minimum atomic E-state index is 0. The minimum absolute atomic E-state index is 0. The summed E-state index contributed by atoms with van der Waals surface area (Å²) in [6.07, 6.45) is 0. The average molecular weight is 514 g/mol. The maximum absolute atomic E-state index is 6.21. The molecule has 23 heavy (non-hydrogen) atoms. The second-order valence-electron chi connectivity index (χ2n) is 4.82. The van der Waals surface area contributed by atoms with E-state index in [1.807, 2.05) is 32.0 Å². The molecule has 1 aromatic carbocycles. The van der Waals surface area contributed by atoms with E-state index in [0.29, 0.717) is 24.1 Å². The van der Waals surface area contributed by atoms with Crippen LogP contribution in [0.5, 0.6) is 0 Å². The molecule has 2 aromatic rings. The lowest BCUT2D eigenvalue weighted by Gasteiger charge is -2.12. The highest BCUT2D eigenvalue weighted by molar-refractivity contribution is 14.0. The van der Waals surface area contributed by atoms with E-state index in [4.69, 9.17) is 16.1 Å². The largest absolute Gasteiger partial charge is 0.361 e. The fourth-order valence-electron chi connectivity index (χ4n) is 1.99. The van der Waals surface area contributed by atoms with Crippen LogP contribution in [-0.4, -0.2) is 18.2 Å². The summed E-state index contributed by atoms with van der Waals surface area (Å²) in [5.74, 6) is 1.51. The van der Waals surface area contributed by atoms with Crippen LogP contribution in [0.25, 0.3) is 0 Å². The smallest absolute Gasteiger partial charge is 0.191 e. The lowest BCUT2D eigenvalue weighted by molar-refractivity contribution is 0.392. The van der Waals surface area contributed by atoms with E-state index in [9.17, 15) is 0 Å². The number of aryl methyl sites for hydroxylation is 2. The lowest BCUT2D eigenvalue weighted by atomic mass is 10.2. The van der Waals surface area contributed by atoms with Crippen LogP contribution in [0.2, 0.25) is 5.02 Å². The Morgan fingerprint density at radius 3 is 2.57 bits per heavy atom. The summed E-state index contributed by atoms with van der Waals surface area (Å²) in [4.78, 5) is 4.20. The van der Waals surface area contributed by atoms with Gasteiger partial charge in [-0.3, -0.25) is 4.99 Å². The zero-order chi connectivity index (χ0) is 16.1. The molecule has 0 amide bonds. The number of guanidine groups is 1. The second kappa shape index (κ2) is 9.48. The number of aliphatic imine (C=N–C) groups is 1. The van der Waals surface area contributed by atoms with E-state index < -0.39 is 0 Å². The van der Waals surface area contributed by atoms with Gasteiger partial charge in [0.2, 0.25) is 0 Å². The normalized spacial score (nSPS) is 11.1. The number of nitrogens with one attached hydrogen (secondary N) is 2. The van der Waals surface area contributed by atoms with Gasteiger partial charge in [-0.2, -0.15) is 0 Å². The van der Waals surface area contributed by atoms with Gasteiger partial charge in [0.1, 0.15) is 5.76 Å². The monoisotopic (exact) mass is 512 g/mol. The van der Waals surface area contributed by atoms with Crippen molar-refractivity contribution in [1.82, 2.24) is 15.8 Å². The predicted octanol–water partition coefficient (Wildman–Crippen LogP) is 4.19. The van der Waals surface area contributed by atoms with Crippen LogP contribution in [0.3, 0.4) is 0 Å². The molecule has 8 heteroatoms. The van der Waals surface area contributed by atoms with E-state index >= 15 is 0 Å². The number of nitrogens with zero attached hydrogens (tertiary/aromatic N) is 2. The molecule has 0 radical (unpaired) electrons. The van der Waals surface area contributed by atoms with Gasteiger partial charge in [-0.1, -0.05) is 38.8 Å².